The van der Waals surface area contributed by atoms with Gasteiger partial charge in [0.05, 0.1) is 10.7 Å². The van der Waals surface area contributed by atoms with Crippen molar-refractivity contribution < 1.29 is 19.1 Å². The lowest BCUT2D eigenvalue weighted by Gasteiger charge is -2.35. The Balaban J connectivity index is 2.47. The summed E-state index contributed by atoms with van der Waals surface area (Å²) < 4.78 is 5.38. The summed E-state index contributed by atoms with van der Waals surface area (Å²) in [5.74, 6) is -1.02. The van der Waals surface area contributed by atoms with Crippen molar-refractivity contribution in [1.29, 1.82) is 0 Å². The minimum absolute atomic E-state index is 0.242. The average molecular weight is 516 g/mol. The predicted octanol–water partition coefficient (Wildman–Crippen LogP) is 6.03. The molecule has 0 aliphatic carbocycles. The summed E-state index contributed by atoms with van der Waals surface area (Å²) >= 11 is 6.37. The number of amides is 3. The second-order valence-corrected chi connectivity index (χ2v) is 10.6. The molecule has 196 valence electrons. The summed E-state index contributed by atoms with van der Waals surface area (Å²) in [5, 5.41) is 6.04. The molecule has 3 amide bonds. The third kappa shape index (κ3) is 7.72. The number of ether oxygens (including phenoxy) is 1. The van der Waals surface area contributed by atoms with Crippen LogP contribution in [-0.4, -0.2) is 41.0 Å². The molecule has 2 aromatic carbocycles. The molecule has 2 atom stereocenters. The van der Waals surface area contributed by atoms with Gasteiger partial charge in [-0.05, 0) is 64.7 Å². The Morgan fingerprint density at radius 1 is 1.03 bits per heavy atom. The zero-order valence-electron chi connectivity index (χ0n) is 22.4. The highest BCUT2D eigenvalue weighted by molar-refractivity contribution is 6.34. The Morgan fingerprint density at radius 2 is 1.64 bits per heavy atom. The maximum Gasteiger partial charge on any atom is 0.408 e. The third-order valence-electron chi connectivity index (χ3n) is 5.65. The number of aryl methyl sites for hydroxylation is 2. The molecular weight excluding hydrogens is 478 g/mol. The number of rotatable bonds is 8. The monoisotopic (exact) mass is 515 g/mol. The van der Waals surface area contributed by atoms with Crippen molar-refractivity contribution in [2.45, 2.75) is 73.1 Å². The largest absolute Gasteiger partial charge is 0.444 e. The molecule has 0 saturated carbocycles. The van der Waals surface area contributed by atoms with E-state index in [0.717, 1.165) is 11.1 Å². The zero-order chi connectivity index (χ0) is 27.2. The first-order valence-corrected chi connectivity index (χ1v) is 12.6. The molecule has 2 aromatic rings. The van der Waals surface area contributed by atoms with Crippen molar-refractivity contribution in [3.63, 3.8) is 0 Å². The normalized spacial score (nSPS) is 13.1. The van der Waals surface area contributed by atoms with E-state index >= 15 is 0 Å². The first-order chi connectivity index (χ1) is 16.7. The zero-order valence-corrected chi connectivity index (χ0v) is 23.2. The van der Waals surface area contributed by atoms with Crippen LogP contribution in [-0.2, 0) is 14.3 Å². The smallest absolute Gasteiger partial charge is 0.408 e. The van der Waals surface area contributed by atoms with Crippen LogP contribution in [0.3, 0.4) is 0 Å². The molecule has 0 saturated heterocycles. The van der Waals surface area contributed by atoms with Gasteiger partial charge in [0.15, 0.2) is 0 Å². The average Bonchev–Trinajstić information content (AvgIpc) is 2.77. The van der Waals surface area contributed by atoms with Gasteiger partial charge in [0.2, 0.25) is 5.91 Å². The minimum atomic E-state index is -0.944. The van der Waals surface area contributed by atoms with E-state index in [0.29, 0.717) is 16.3 Å². The molecule has 0 spiro atoms. The second-order valence-electron chi connectivity index (χ2n) is 10.2. The van der Waals surface area contributed by atoms with Crippen molar-refractivity contribution in [2.75, 3.05) is 11.9 Å². The second kappa shape index (κ2) is 12.3. The summed E-state index contributed by atoms with van der Waals surface area (Å²) in [6.45, 7) is 14.8. The highest BCUT2D eigenvalue weighted by Gasteiger charge is 2.37. The van der Waals surface area contributed by atoms with Crippen LogP contribution >= 0.6 is 11.6 Å². The van der Waals surface area contributed by atoms with Gasteiger partial charge in [-0.1, -0.05) is 67.4 Å². The van der Waals surface area contributed by atoms with Gasteiger partial charge in [0.1, 0.15) is 17.7 Å². The van der Waals surface area contributed by atoms with Crippen LogP contribution in [0.1, 0.15) is 64.3 Å². The molecule has 0 fully saturated rings. The lowest BCUT2D eigenvalue weighted by molar-refractivity contribution is -0.141. The lowest BCUT2D eigenvalue weighted by Crippen LogP contribution is -2.54. The van der Waals surface area contributed by atoms with Gasteiger partial charge in [-0.15, -0.1) is 0 Å². The third-order valence-corrected chi connectivity index (χ3v) is 5.97. The quantitative estimate of drug-likeness (QED) is 0.449. The minimum Gasteiger partial charge on any atom is -0.444 e. The summed E-state index contributed by atoms with van der Waals surface area (Å²) in [6, 6.07) is 11.0. The molecule has 0 bridgehead atoms. The van der Waals surface area contributed by atoms with Crippen molar-refractivity contribution in [1.82, 2.24) is 10.2 Å². The topological polar surface area (TPSA) is 87.7 Å². The highest BCUT2D eigenvalue weighted by atomic mass is 35.5. The van der Waals surface area contributed by atoms with Gasteiger partial charge in [-0.25, -0.2) is 4.79 Å². The fourth-order valence-corrected chi connectivity index (χ4v) is 4.06. The molecular formula is C28H38ClN3O4. The SMILES string of the molecule is CCN(C(=O)C(NC(=O)OC(C)(C)C)C(C)C)C(C(=O)Nc1c(C)cccc1Cl)c1ccc(C)cc1. The van der Waals surface area contributed by atoms with Crippen LogP contribution in [0.2, 0.25) is 5.02 Å². The maximum atomic E-state index is 13.8. The molecule has 2 unspecified atom stereocenters. The van der Waals surface area contributed by atoms with Crippen molar-refractivity contribution >= 4 is 35.2 Å². The van der Waals surface area contributed by atoms with E-state index in [1.165, 1.54) is 4.90 Å². The van der Waals surface area contributed by atoms with Crippen LogP contribution < -0.4 is 10.6 Å². The van der Waals surface area contributed by atoms with Crippen LogP contribution in [0.15, 0.2) is 42.5 Å². The number of hydrogen-bond donors (Lipinski definition) is 2. The first kappa shape index (κ1) is 29.2. The maximum absolute atomic E-state index is 13.8. The Labute approximate surface area is 219 Å². The van der Waals surface area contributed by atoms with Crippen LogP contribution in [0.4, 0.5) is 10.5 Å². The van der Waals surface area contributed by atoms with Crippen molar-refractivity contribution in [3.05, 3.63) is 64.2 Å². The molecule has 0 heterocycles. The van der Waals surface area contributed by atoms with Gasteiger partial charge >= 0.3 is 6.09 Å². The fourth-order valence-electron chi connectivity index (χ4n) is 3.80. The number of alkyl carbamates (subject to hydrolysis) is 1. The van der Waals surface area contributed by atoms with E-state index in [4.69, 9.17) is 16.3 Å². The number of anilines is 1. The molecule has 0 aromatic heterocycles. The number of carbonyl (C=O) groups is 3. The number of likely N-dealkylation sites (N-methyl/N-ethyl adjacent to an activating group) is 1. The number of nitrogens with one attached hydrogen (secondary N) is 2. The molecule has 2 N–H and O–H groups in total. The Hall–Kier alpha value is -3.06. The van der Waals surface area contributed by atoms with Gasteiger partial charge in [0, 0.05) is 6.54 Å². The van der Waals surface area contributed by atoms with E-state index in [1.807, 2.05) is 64.1 Å². The molecule has 0 radical (unpaired) electrons. The fraction of sp³-hybridized carbons (Fsp3) is 0.464. The van der Waals surface area contributed by atoms with Crippen molar-refractivity contribution in [3.8, 4) is 0 Å². The van der Waals surface area contributed by atoms with Crippen LogP contribution in [0.25, 0.3) is 0 Å². The molecule has 0 aliphatic rings. The summed E-state index contributed by atoms with van der Waals surface area (Å²) in [7, 11) is 0. The van der Waals surface area contributed by atoms with E-state index in [1.54, 1.807) is 33.8 Å². The van der Waals surface area contributed by atoms with Gasteiger partial charge < -0.3 is 20.3 Å². The summed E-state index contributed by atoms with van der Waals surface area (Å²) in [6.07, 6.45) is -0.686. The molecule has 8 heteroatoms. The van der Waals surface area contributed by atoms with Crippen LogP contribution in [0.5, 0.6) is 0 Å². The number of nitrogens with zero attached hydrogens (tertiary/aromatic N) is 1. The van der Waals surface area contributed by atoms with Gasteiger partial charge in [-0.3, -0.25) is 9.59 Å². The summed E-state index contributed by atoms with van der Waals surface area (Å²) in [4.78, 5) is 41.6. The highest BCUT2D eigenvalue weighted by Crippen LogP contribution is 2.29. The number of para-hydroxylation sites is 1. The summed E-state index contributed by atoms with van der Waals surface area (Å²) in [5.41, 5.74) is 2.27. The Kier molecular flexibility index (Phi) is 9.93. The van der Waals surface area contributed by atoms with Crippen LogP contribution in [0, 0.1) is 19.8 Å². The van der Waals surface area contributed by atoms with Gasteiger partial charge in [-0.2, -0.15) is 0 Å². The Morgan fingerprint density at radius 3 is 2.14 bits per heavy atom. The lowest BCUT2D eigenvalue weighted by atomic mass is 9.98. The van der Waals surface area contributed by atoms with E-state index in [2.05, 4.69) is 10.6 Å². The molecule has 36 heavy (non-hydrogen) atoms. The number of carbonyl (C=O) groups excluding carboxylic acids is 3. The first-order valence-electron chi connectivity index (χ1n) is 12.2. The predicted molar refractivity (Wildman–Crippen MR) is 144 cm³/mol. The van der Waals surface area contributed by atoms with E-state index in [-0.39, 0.29) is 18.4 Å². The van der Waals surface area contributed by atoms with E-state index < -0.39 is 29.7 Å². The number of hydrogen-bond acceptors (Lipinski definition) is 4. The molecule has 2 rings (SSSR count). The van der Waals surface area contributed by atoms with Gasteiger partial charge in [0.25, 0.3) is 5.91 Å². The van der Waals surface area contributed by atoms with Crippen molar-refractivity contribution in [2.24, 2.45) is 5.92 Å². The number of benzene rings is 2. The standard InChI is InChI=1S/C28H38ClN3O4/c1-9-32(26(34)22(17(2)3)31-27(35)36-28(6,7)8)24(20-15-13-18(4)14-16-20)25(33)30-23-19(5)11-10-12-21(23)29/h10-17,22,24H,9H2,1-8H3,(H,30,33)(H,31,35). The molecule has 7 nitrogen and oxygen atoms in total. The Bertz CT molecular complexity index is 1060. The number of halogens is 1. The molecule has 0 aliphatic heterocycles. The van der Waals surface area contributed by atoms with E-state index in [9.17, 15) is 14.4 Å².